The molecule has 3 rings (SSSR count). The lowest BCUT2D eigenvalue weighted by molar-refractivity contribution is 0.258. The predicted octanol–water partition coefficient (Wildman–Crippen LogP) is 4.88. The van der Waals surface area contributed by atoms with Crippen LogP contribution in [0.4, 0.5) is 0 Å². The quantitative estimate of drug-likeness (QED) is 0.800. The molecule has 0 amide bonds. The van der Waals surface area contributed by atoms with Crippen molar-refractivity contribution in [2.24, 2.45) is 5.92 Å². The van der Waals surface area contributed by atoms with Crippen LogP contribution >= 0.6 is 23.6 Å². The average Bonchev–Trinajstić information content (AvgIpc) is 2.74. The first kappa shape index (κ1) is 15.0. The van der Waals surface area contributed by atoms with Gasteiger partial charge in [0.15, 0.2) is 4.77 Å². The zero-order valence-electron chi connectivity index (χ0n) is 12.9. The minimum Gasteiger partial charge on any atom is -0.323 e. The van der Waals surface area contributed by atoms with Gasteiger partial charge in [-0.3, -0.25) is 9.36 Å². The van der Waals surface area contributed by atoms with Gasteiger partial charge in [0.05, 0.1) is 5.39 Å². The highest BCUT2D eigenvalue weighted by atomic mass is 32.1. The monoisotopic (exact) mass is 322 g/mol. The molecule has 0 radical (unpaired) electrons. The maximum Gasteiger partial charge on any atom is 0.263 e. The molecule has 1 saturated carbocycles. The highest BCUT2D eigenvalue weighted by Gasteiger charge is 2.24. The van der Waals surface area contributed by atoms with E-state index in [1.165, 1.54) is 37.0 Å². The van der Waals surface area contributed by atoms with Gasteiger partial charge in [0.25, 0.3) is 5.56 Å². The Balaban J connectivity index is 2.15. The number of nitrogens with zero attached hydrogens (tertiary/aromatic N) is 1. The average molecular weight is 322 g/mol. The number of H-pyrrole nitrogens is 1. The normalized spacial score (nSPS) is 18.2. The van der Waals surface area contributed by atoms with Gasteiger partial charge in [-0.05, 0) is 57.3 Å². The summed E-state index contributed by atoms with van der Waals surface area (Å²) in [5, 5.41) is 0.828. The van der Waals surface area contributed by atoms with Gasteiger partial charge in [-0.25, -0.2) is 0 Å². The third-order valence-electron chi connectivity index (χ3n) is 5.00. The Hall–Kier alpha value is -0.940. The van der Waals surface area contributed by atoms with Crippen molar-refractivity contribution < 1.29 is 0 Å². The Morgan fingerprint density at radius 1 is 1.29 bits per heavy atom. The molecular weight excluding hydrogens is 300 g/mol. The summed E-state index contributed by atoms with van der Waals surface area (Å²) in [5.74, 6) is 0.573. The van der Waals surface area contributed by atoms with E-state index in [1.54, 1.807) is 11.3 Å². The Labute approximate surface area is 134 Å². The molecule has 3 nitrogen and oxygen atoms in total. The summed E-state index contributed by atoms with van der Waals surface area (Å²) in [4.78, 5) is 18.3. The molecule has 1 unspecified atom stereocenters. The van der Waals surface area contributed by atoms with Crippen molar-refractivity contribution in [3.8, 4) is 0 Å². The lowest BCUT2D eigenvalue weighted by Crippen LogP contribution is -2.30. The fourth-order valence-corrected chi connectivity index (χ4v) is 5.01. The molecule has 2 heterocycles. The molecule has 0 saturated heterocycles. The van der Waals surface area contributed by atoms with Gasteiger partial charge in [0, 0.05) is 10.9 Å². The number of fused-ring (bicyclic) bond motifs is 1. The minimum atomic E-state index is 0.0914. The van der Waals surface area contributed by atoms with Crippen molar-refractivity contribution in [1.82, 2.24) is 9.55 Å². The van der Waals surface area contributed by atoms with E-state index in [9.17, 15) is 4.79 Å². The molecule has 0 bridgehead atoms. The second-order valence-electron chi connectivity index (χ2n) is 6.23. The number of thiophene rings is 1. The molecule has 1 atom stereocenters. The van der Waals surface area contributed by atoms with Gasteiger partial charge in [-0.15, -0.1) is 11.3 Å². The third-order valence-corrected chi connectivity index (χ3v) is 6.42. The fraction of sp³-hybridized carbons (Fsp3) is 0.625. The third kappa shape index (κ3) is 2.50. The molecule has 1 aliphatic carbocycles. The molecule has 1 aliphatic rings. The smallest absolute Gasteiger partial charge is 0.263 e. The number of aryl methyl sites for hydroxylation is 2. The molecule has 21 heavy (non-hydrogen) atoms. The van der Waals surface area contributed by atoms with Crippen LogP contribution in [-0.4, -0.2) is 9.55 Å². The van der Waals surface area contributed by atoms with E-state index in [4.69, 9.17) is 12.2 Å². The molecule has 0 aromatic carbocycles. The van der Waals surface area contributed by atoms with Gasteiger partial charge >= 0.3 is 0 Å². The van der Waals surface area contributed by atoms with Crippen LogP contribution in [0.5, 0.6) is 0 Å². The van der Waals surface area contributed by atoms with E-state index in [-0.39, 0.29) is 11.6 Å². The van der Waals surface area contributed by atoms with Crippen LogP contribution in [0.3, 0.4) is 0 Å². The first-order chi connectivity index (χ1) is 10.0. The van der Waals surface area contributed by atoms with Gasteiger partial charge < -0.3 is 4.98 Å². The first-order valence-electron chi connectivity index (χ1n) is 7.75. The van der Waals surface area contributed by atoms with Crippen molar-refractivity contribution in [3.63, 3.8) is 0 Å². The summed E-state index contributed by atoms with van der Waals surface area (Å²) in [5.41, 5.74) is 1.18. The van der Waals surface area contributed by atoms with Crippen LogP contribution in [-0.2, 0) is 0 Å². The molecule has 5 heteroatoms. The predicted molar refractivity (Wildman–Crippen MR) is 92.0 cm³/mol. The lowest BCUT2D eigenvalue weighted by atomic mass is 9.84. The van der Waals surface area contributed by atoms with Gasteiger partial charge in [0.2, 0.25) is 0 Å². The van der Waals surface area contributed by atoms with E-state index in [2.05, 4.69) is 18.8 Å². The number of hydrogen-bond acceptors (Lipinski definition) is 3. The van der Waals surface area contributed by atoms with Crippen molar-refractivity contribution in [2.75, 3.05) is 0 Å². The highest BCUT2D eigenvalue weighted by Crippen LogP contribution is 2.33. The van der Waals surface area contributed by atoms with Crippen molar-refractivity contribution in [2.45, 2.75) is 58.9 Å². The zero-order chi connectivity index (χ0) is 15.1. The maximum absolute atomic E-state index is 13.0. The SMILES string of the molecule is Cc1sc2[nH]c(=S)n(C(C)C3CCCCC3)c(=O)c2c1C. The lowest BCUT2D eigenvalue weighted by Gasteiger charge is -2.29. The second kappa shape index (κ2) is 5.69. The van der Waals surface area contributed by atoms with Crippen LogP contribution in [0.2, 0.25) is 0 Å². The van der Waals surface area contributed by atoms with E-state index in [0.717, 1.165) is 15.8 Å². The number of rotatable bonds is 2. The van der Waals surface area contributed by atoms with E-state index >= 15 is 0 Å². The van der Waals surface area contributed by atoms with Crippen LogP contribution < -0.4 is 5.56 Å². The van der Waals surface area contributed by atoms with E-state index in [0.29, 0.717) is 10.7 Å². The topological polar surface area (TPSA) is 37.8 Å². The molecule has 1 N–H and O–H groups in total. The summed E-state index contributed by atoms with van der Waals surface area (Å²) in [7, 11) is 0. The number of hydrogen-bond donors (Lipinski definition) is 1. The number of nitrogens with one attached hydrogen (secondary N) is 1. The van der Waals surface area contributed by atoms with Gasteiger partial charge in [0.1, 0.15) is 4.83 Å². The van der Waals surface area contributed by atoms with Crippen molar-refractivity contribution in [3.05, 3.63) is 25.6 Å². The van der Waals surface area contributed by atoms with E-state index in [1.807, 2.05) is 11.5 Å². The number of aromatic nitrogens is 2. The van der Waals surface area contributed by atoms with E-state index < -0.39 is 0 Å². The summed E-state index contributed by atoms with van der Waals surface area (Å²) >= 11 is 7.11. The second-order valence-corrected chi connectivity index (χ2v) is 7.84. The molecular formula is C16H22N2OS2. The largest absolute Gasteiger partial charge is 0.323 e. The Morgan fingerprint density at radius 3 is 2.62 bits per heavy atom. The van der Waals surface area contributed by atoms with Crippen LogP contribution in [0.15, 0.2) is 4.79 Å². The number of aromatic amines is 1. The molecule has 114 valence electrons. The van der Waals surface area contributed by atoms with Crippen molar-refractivity contribution >= 4 is 33.8 Å². The van der Waals surface area contributed by atoms with Crippen LogP contribution in [0.25, 0.3) is 10.2 Å². The summed E-state index contributed by atoms with van der Waals surface area (Å²) in [6.07, 6.45) is 6.30. The van der Waals surface area contributed by atoms with Crippen LogP contribution in [0, 0.1) is 24.5 Å². The highest BCUT2D eigenvalue weighted by molar-refractivity contribution is 7.71. The first-order valence-corrected chi connectivity index (χ1v) is 8.97. The Bertz CT molecular complexity index is 778. The maximum atomic E-state index is 13.0. The molecule has 0 spiro atoms. The van der Waals surface area contributed by atoms with Crippen LogP contribution in [0.1, 0.15) is 55.5 Å². The summed E-state index contributed by atoms with van der Waals surface area (Å²) < 4.78 is 2.40. The summed E-state index contributed by atoms with van der Waals surface area (Å²) in [6.45, 7) is 6.24. The van der Waals surface area contributed by atoms with Crippen molar-refractivity contribution in [1.29, 1.82) is 0 Å². The molecule has 1 fully saturated rings. The molecule has 0 aliphatic heterocycles. The van der Waals surface area contributed by atoms with Gasteiger partial charge in [-0.2, -0.15) is 0 Å². The standard InChI is InChI=1S/C16H22N2OS2/c1-9-11(3)21-14-13(9)15(19)18(16(20)17-14)10(2)12-7-5-4-6-8-12/h10,12H,4-8H2,1-3H3,(H,17,20). The zero-order valence-corrected chi connectivity index (χ0v) is 14.5. The summed E-state index contributed by atoms with van der Waals surface area (Å²) in [6, 6.07) is 0.186. The fourth-order valence-electron chi connectivity index (χ4n) is 3.54. The molecule has 2 aromatic heterocycles. The Morgan fingerprint density at radius 2 is 1.95 bits per heavy atom. The Kier molecular flexibility index (Phi) is 4.06. The minimum absolute atomic E-state index is 0.0914. The molecule has 2 aromatic rings. The van der Waals surface area contributed by atoms with Gasteiger partial charge in [-0.1, -0.05) is 19.3 Å².